The number of amides is 1. The van der Waals surface area contributed by atoms with E-state index in [0.29, 0.717) is 24.4 Å². The molecule has 3 atom stereocenters. The maximum Gasteiger partial charge on any atom is 0.337 e. The molecule has 118 valence electrons. The summed E-state index contributed by atoms with van der Waals surface area (Å²) in [6, 6.07) is 7.15. The highest BCUT2D eigenvalue weighted by atomic mass is 16.5. The molecule has 0 heterocycles. The van der Waals surface area contributed by atoms with Crippen LogP contribution in [0, 0.1) is 17.8 Å². The van der Waals surface area contributed by atoms with Crippen molar-refractivity contribution in [1.82, 2.24) is 5.32 Å². The van der Waals surface area contributed by atoms with Gasteiger partial charge in [-0.3, -0.25) is 4.79 Å². The highest BCUT2D eigenvalue weighted by molar-refractivity contribution is 5.89. The second-order valence-electron chi connectivity index (χ2n) is 6.60. The zero-order chi connectivity index (χ0) is 15.5. The normalized spacial score (nSPS) is 26.0. The van der Waals surface area contributed by atoms with Crippen LogP contribution >= 0.6 is 0 Å². The molecule has 4 heteroatoms. The number of ether oxygens (including phenoxy) is 1. The summed E-state index contributed by atoms with van der Waals surface area (Å²) in [4.78, 5) is 23.4. The van der Waals surface area contributed by atoms with Gasteiger partial charge < -0.3 is 10.1 Å². The minimum Gasteiger partial charge on any atom is -0.465 e. The van der Waals surface area contributed by atoms with Crippen molar-refractivity contribution < 1.29 is 14.3 Å². The van der Waals surface area contributed by atoms with Crippen LogP contribution in [0.15, 0.2) is 24.3 Å². The van der Waals surface area contributed by atoms with Gasteiger partial charge in [0.25, 0.3) is 0 Å². The Morgan fingerprint density at radius 2 is 1.95 bits per heavy atom. The minimum absolute atomic E-state index is 0.148. The first-order valence-corrected chi connectivity index (χ1v) is 8.09. The molecular weight excluding hydrogens is 278 g/mol. The molecule has 1 amide bonds. The van der Waals surface area contributed by atoms with E-state index in [1.54, 1.807) is 12.1 Å². The Kier molecular flexibility index (Phi) is 4.46. The Bertz CT molecular complexity index is 552. The van der Waals surface area contributed by atoms with Crippen LogP contribution in [0.1, 0.15) is 48.0 Å². The van der Waals surface area contributed by atoms with Gasteiger partial charge in [0.1, 0.15) is 0 Å². The molecule has 0 aromatic heterocycles. The molecule has 0 unspecified atom stereocenters. The third kappa shape index (κ3) is 3.32. The maximum atomic E-state index is 12.1. The number of carbonyl (C=O) groups is 2. The number of fused-ring (bicyclic) bond motifs is 2. The smallest absolute Gasteiger partial charge is 0.337 e. The fourth-order valence-corrected chi connectivity index (χ4v) is 4.01. The Morgan fingerprint density at radius 3 is 2.55 bits per heavy atom. The van der Waals surface area contributed by atoms with Crippen LogP contribution in [0.25, 0.3) is 0 Å². The van der Waals surface area contributed by atoms with Crippen LogP contribution in [0.3, 0.4) is 0 Å². The molecule has 0 aliphatic heterocycles. The topological polar surface area (TPSA) is 55.4 Å². The van der Waals surface area contributed by atoms with E-state index in [1.165, 1.54) is 32.8 Å². The SMILES string of the molecule is COC(=O)c1ccc(CNC(=O)C[C@@H]2C[C@H]3CC[C@H]2C3)cc1. The molecule has 2 aliphatic rings. The van der Waals surface area contributed by atoms with Gasteiger partial charge in [0, 0.05) is 13.0 Å². The summed E-state index contributed by atoms with van der Waals surface area (Å²) < 4.78 is 4.66. The molecule has 2 fully saturated rings. The average molecular weight is 301 g/mol. The molecule has 22 heavy (non-hydrogen) atoms. The quantitative estimate of drug-likeness (QED) is 0.851. The van der Waals surface area contributed by atoms with Gasteiger partial charge >= 0.3 is 5.97 Å². The van der Waals surface area contributed by atoms with Gasteiger partial charge in [0.15, 0.2) is 0 Å². The molecule has 3 rings (SSSR count). The number of carbonyl (C=O) groups excluding carboxylic acids is 2. The van der Waals surface area contributed by atoms with E-state index < -0.39 is 0 Å². The molecule has 1 aromatic rings. The van der Waals surface area contributed by atoms with Gasteiger partial charge in [-0.25, -0.2) is 4.79 Å². The molecule has 2 aliphatic carbocycles. The van der Waals surface area contributed by atoms with Crippen LogP contribution < -0.4 is 5.32 Å². The van der Waals surface area contributed by atoms with Crippen molar-refractivity contribution in [3.8, 4) is 0 Å². The van der Waals surface area contributed by atoms with E-state index >= 15 is 0 Å². The first kappa shape index (κ1) is 15.1. The van der Waals surface area contributed by atoms with Crippen LogP contribution in [-0.4, -0.2) is 19.0 Å². The van der Waals surface area contributed by atoms with Crippen LogP contribution in [0.5, 0.6) is 0 Å². The lowest BCUT2D eigenvalue weighted by Crippen LogP contribution is -2.26. The molecule has 0 spiro atoms. The van der Waals surface area contributed by atoms with Crippen molar-refractivity contribution in [1.29, 1.82) is 0 Å². The molecule has 0 saturated heterocycles. The van der Waals surface area contributed by atoms with Gasteiger partial charge in [-0.1, -0.05) is 18.6 Å². The Morgan fingerprint density at radius 1 is 1.18 bits per heavy atom. The molecule has 1 N–H and O–H groups in total. The third-order valence-corrected chi connectivity index (χ3v) is 5.20. The first-order chi connectivity index (χ1) is 10.7. The summed E-state index contributed by atoms with van der Waals surface area (Å²) in [7, 11) is 1.37. The van der Waals surface area contributed by atoms with Crippen molar-refractivity contribution in [3.63, 3.8) is 0 Å². The number of esters is 1. The van der Waals surface area contributed by atoms with Gasteiger partial charge in [0.2, 0.25) is 5.91 Å². The molecule has 0 radical (unpaired) electrons. The number of benzene rings is 1. The largest absolute Gasteiger partial charge is 0.465 e. The Balaban J connectivity index is 1.45. The lowest BCUT2D eigenvalue weighted by atomic mass is 9.86. The molecular formula is C18H23NO3. The van der Waals surface area contributed by atoms with Crippen molar-refractivity contribution in [3.05, 3.63) is 35.4 Å². The van der Waals surface area contributed by atoms with E-state index in [0.717, 1.165) is 17.4 Å². The summed E-state index contributed by atoms with van der Waals surface area (Å²) in [5, 5.41) is 2.99. The van der Waals surface area contributed by atoms with Crippen molar-refractivity contribution in [2.24, 2.45) is 17.8 Å². The zero-order valence-corrected chi connectivity index (χ0v) is 13.0. The summed E-state index contributed by atoms with van der Waals surface area (Å²) in [5.41, 5.74) is 1.52. The van der Waals surface area contributed by atoms with Crippen molar-refractivity contribution >= 4 is 11.9 Å². The lowest BCUT2D eigenvalue weighted by Gasteiger charge is -2.20. The van der Waals surface area contributed by atoms with Crippen LogP contribution in [0.2, 0.25) is 0 Å². The van der Waals surface area contributed by atoms with Gasteiger partial charge in [0.05, 0.1) is 12.7 Å². The van der Waals surface area contributed by atoms with Crippen LogP contribution in [0.4, 0.5) is 0 Å². The van der Waals surface area contributed by atoms with E-state index in [9.17, 15) is 9.59 Å². The predicted octanol–water partition coefficient (Wildman–Crippen LogP) is 2.92. The summed E-state index contributed by atoms with van der Waals surface area (Å²) in [5.74, 6) is 2.07. The number of hydrogen-bond acceptors (Lipinski definition) is 3. The highest BCUT2D eigenvalue weighted by Gasteiger charge is 2.39. The van der Waals surface area contributed by atoms with E-state index in [-0.39, 0.29) is 11.9 Å². The predicted molar refractivity (Wildman–Crippen MR) is 83.2 cm³/mol. The first-order valence-electron chi connectivity index (χ1n) is 8.09. The highest BCUT2D eigenvalue weighted by Crippen LogP contribution is 2.49. The average Bonchev–Trinajstić information content (AvgIpc) is 3.15. The fourth-order valence-electron chi connectivity index (χ4n) is 4.01. The summed E-state index contributed by atoms with van der Waals surface area (Å²) >= 11 is 0. The van der Waals surface area contributed by atoms with Crippen molar-refractivity contribution in [2.45, 2.75) is 38.6 Å². The van der Waals surface area contributed by atoms with Gasteiger partial charge in [-0.2, -0.15) is 0 Å². The number of methoxy groups -OCH3 is 1. The Labute approximate surface area is 131 Å². The third-order valence-electron chi connectivity index (χ3n) is 5.20. The zero-order valence-electron chi connectivity index (χ0n) is 13.0. The Hall–Kier alpha value is -1.84. The van der Waals surface area contributed by atoms with Crippen molar-refractivity contribution in [2.75, 3.05) is 7.11 Å². The van der Waals surface area contributed by atoms with Crippen LogP contribution in [-0.2, 0) is 16.1 Å². The second-order valence-corrected chi connectivity index (χ2v) is 6.60. The molecule has 2 bridgehead atoms. The number of rotatable bonds is 5. The second kappa shape index (κ2) is 6.51. The number of nitrogens with one attached hydrogen (secondary N) is 1. The number of hydrogen-bond donors (Lipinski definition) is 1. The molecule has 2 saturated carbocycles. The summed E-state index contributed by atoms with van der Waals surface area (Å²) in [6.07, 6.45) is 5.94. The summed E-state index contributed by atoms with van der Waals surface area (Å²) in [6.45, 7) is 0.515. The fraction of sp³-hybridized carbons (Fsp3) is 0.556. The van der Waals surface area contributed by atoms with E-state index in [4.69, 9.17) is 0 Å². The maximum absolute atomic E-state index is 12.1. The minimum atomic E-state index is -0.341. The van der Waals surface area contributed by atoms with E-state index in [1.807, 2.05) is 12.1 Å². The molecule has 4 nitrogen and oxygen atoms in total. The molecule has 1 aromatic carbocycles. The van der Waals surface area contributed by atoms with Gasteiger partial charge in [-0.05, 0) is 54.7 Å². The monoisotopic (exact) mass is 301 g/mol. The standard InChI is InChI=1S/C18H23NO3/c1-22-18(21)14-5-2-12(3-6-14)11-19-17(20)10-16-9-13-4-7-15(16)8-13/h2-3,5-6,13,15-16H,4,7-11H2,1H3,(H,19,20)/t13-,15-,16-/m0/s1. The van der Waals surface area contributed by atoms with Gasteiger partial charge in [-0.15, -0.1) is 0 Å². The van der Waals surface area contributed by atoms with E-state index in [2.05, 4.69) is 10.1 Å². The lowest BCUT2D eigenvalue weighted by molar-refractivity contribution is -0.122.